The number of halogens is 1. The van der Waals surface area contributed by atoms with E-state index < -0.39 is 4.92 Å². The Morgan fingerprint density at radius 1 is 1.48 bits per heavy atom. The summed E-state index contributed by atoms with van der Waals surface area (Å²) in [6.07, 6.45) is 3.83. The highest BCUT2D eigenvalue weighted by atomic mass is 127. The minimum absolute atomic E-state index is 0.0121. The predicted molar refractivity (Wildman–Crippen MR) is 83.0 cm³/mol. The molecule has 0 atom stereocenters. The Bertz CT molecular complexity index is 618. The number of carbonyl (C=O) groups is 1. The maximum absolute atomic E-state index is 12.0. The third-order valence-corrected chi connectivity index (χ3v) is 4.32. The number of ketones is 1. The van der Waals surface area contributed by atoms with E-state index in [1.165, 1.54) is 6.07 Å². The molecule has 1 aromatic carbocycles. The Labute approximate surface area is 135 Å². The lowest BCUT2D eigenvalue weighted by atomic mass is 10.0. The number of nitrogens with zero attached hydrogens (tertiary/aromatic N) is 2. The molecule has 2 rings (SSSR count). The van der Waals surface area contributed by atoms with Crippen LogP contribution in [0.25, 0.3) is 0 Å². The molecule has 21 heavy (non-hydrogen) atoms. The number of Topliss-reactive ketones (excluding diaryl/α,β-unsaturated/α-hetero) is 1. The third kappa shape index (κ3) is 3.69. The minimum atomic E-state index is -0.599. The molecule has 6 nitrogen and oxygen atoms in total. The fraction of sp³-hybridized carbons (Fsp3) is 0.429. The van der Waals surface area contributed by atoms with Gasteiger partial charge in [0, 0.05) is 12.0 Å². The molecular formula is C14H13IN2O4. The van der Waals surface area contributed by atoms with Gasteiger partial charge in [-0.15, -0.1) is 0 Å². The number of ether oxygens (including phenoxy) is 1. The van der Waals surface area contributed by atoms with Crippen molar-refractivity contribution in [1.29, 1.82) is 5.26 Å². The molecular weight excluding hydrogens is 387 g/mol. The molecule has 0 aliphatic heterocycles. The summed E-state index contributed by atoms with van der Waals surface area (Å²) in [4.78, 5) is 22.5. The van der Waals surface area contributed by atoms with Gasteiger partial charge in [-0.2, -0.15) is 5.26 Å². The highest BCUT2D eigenvalue weighted by Gasteiger charge is 2.25. The zero-order valence-corrected chi connectivity index (χ0v) is 13.3. The molecule has 7 heteroatoms. The van der Waals surface area contributed by atoms with Crippen LogP contribution in [0.5, 0.6) is 5.75 Å². The molecule has 110 valence electrons. The summed E-state index contributed by atoms with van der Waals surface area (Å²) in [5.74, 6) is 0.0630. The van der Waals surface area contributed by atoms with Crippen LogP contribution in [-0.4, -0.2) is 17.3 Å². The highest BCUT2D eigenvalue weighted by molar-refractivity contribution is 14.1. The number of rotatable bonds is 5. The first-order valence-corrected chi connectivity index (χ1v) is 7.64. The molecule has 0 radical (unpaired) electrons. The van der Waals surface area contributed by atoms with Gasteiger partial charge in [-0.1, -0.05) is 12.8 Å². The molecule has 1 saturated carbocycles. The van der Waals surface area contributed by atoms with E-state index in [-0.39, 0.29) is 35.3 Å². The minimum Gasteiger partial charge on any atom is -0.478 e. The van der Waals surface area contributed by atoms with E-state index >= 15 is 0 Å². The van der Waals surface area contributed by atoms with Gasteiger partial charge < -0.3 is 4.74 Å². The smallest absolute Gasteiger partial charge is 0.313 e. The Balaban J connectivity index is 2.17. The van der Waals surface area contributed by atoms with Gasteiger partial charge in [-0.05, 0) is 41.5 Å². The first-order chi connectivity index (χ1) is 10.0. The maximum atomic E-state index is 12.0. The van der Waals surface area contributed by atoms with Crippen molar-refractivity contribution in [3.8, 4) is 11.8 Å². The molecule has 0 heterocycles. The first-order valence-electron chi connectivity index (χ1n) is 6.56. The van der Waals surface area contributed by atoms with Crippen molar-refractivity contribution < 1.29 is 14.5 Å². The lowest BCUT2D eigenvalue weighted by Gasteiger charge is -2.11. The maximum Gasteiger partial charge on any atom is 0.313 e. The summed E-state index contributed by atoms with van der Waals surface area (Å²) in [5, 5.41) is 19.9. The summed E-state index contributed by atoms with van der Waals surface area (Å²) in [6, 6.07) is 4.54. The first kappa shape index (κ1) is 15.7. The second-order valence-corrected chi connectivity index (χ2v) is 6.07. The van der Waals surface area contributed by atoms with Crippen LogP contribution < -0.4 is 4.74 Å². The van der Waals surface area contributed by atoms with E-state index in [1.807, 2.05) is 28.7 Å². The monoisotopic (exact) mass is 400 g/mol. The van der Waals surface area contributed by atoms with Gasteiger partial charge in [0.2, 0.25) is 5.75 Å². The molecule has 1 aliphatic carbocycles. The van der Waals surface area contributed by atoms with Gasteiger partial charge >= 0.3 is 5.69 Å². The normalized spacial score (nSPS) is 14.7. The number of carbonyl (C=O) groups excluding carboxylic acids is 1. The summed E-state index contributed by atoms with van der Waals surface area (Å²) in [7, 11) is 0. The second kappa shape index (κ2) is 6.85. The standard InChI is InChI=1S/C14H13IN2O4/c15-11-5-9(7-16)6-12(17(19)20)14(11)21-8-13(18)10-3-1-2-4-10/h5-6,10H,1-4,8H2. The van der Waals surface area contributed by atoms with Crippen LogP contribution in [0.1, 0.15) is 31.2 Å². The number of benzene rings is 1. The van der Waals surface area contributed by atoms with E-state index in [4.69, 9.17) is 10.00 Å². The Hall–Kier alpha value is -1.69. The molecule has 0 spiro atoms. The molecule has 0 saturated heterocycles. The number of nitro groups is 1. The van der Waals surface area contributed by atoms with Crippen LogP contribution in [0.15, 0.2) is 12.1 Å². The van der Waals surface area contributed by atoms with E-state index in [0.717, 1.165) is 31.7 Å². The third-order valence-electron chi connectivity index (χ3n) is 3.52. The lowest BCUT2D eigenvalue weighted by molar-refractivity contribution is -0.385. The highest BCUT2D eigenvalue weighted by Crippen LogP contribution is 2.34. The Morgan fingerprint density at radius 2 is 2.14 bits per heavy atom. The predicted octanol–water partition coefficient (Wildman–Crippen LogP) is 3.21. The quantitative estimate of drug-likeness (QED) is 0.430. The zero-order chi connectivity index (χ0) is 15.4. The van der Waals surface area contributed by atoms with Crippen LogP contribution in [0.2, 0.25) is 0 Å². The molecule has 0 bridgehead atoms. The van der Waals surface area contributed by atoms with Crippen LogP contribution >= 0.6 is 22.6 Å². The Morgan fingerprint density at radius 3 is 2.71 bits per heavy atom. The van der Waals surface area contributed by atoms with Crippen molar-refractivity contribution in [2.45, 2.75) is 25.7 Å². The summed E-state index contributed by atoms with van der Waals surface area (Å²) in [5.41, 5.74) is -0.0850. The number of nitriles is 1. The molecule has 0 aromatic heterocycles. The summed E-state index contributed by atoms with van der Waals surface area (Å²) in [6.45, 7) is -0.159. The molecule has 1 aliphatic rings. The molecule has 1 fully saturated rings. The topological polar surface area (TPSA) is 93.2 Å². The van der Waals surface area contributed by atoms with Crippen molar-refractivity contribution in [1.82, 2.24) is 0 Å². The van der Waals surface area contributed by atoms with E-state index in [9.17, 15) is 14.9 Å². The molecule has 0 amide bonds. The fourth-order valence-corrected chi connectivity index (χ4v) is 3.20. The summed E-state index contributed by atoms with van der Waals surface area (Å²) < 4.78 is 5.85. The van der Waals surface area contributed by atoms with Gasteiger partial charge in [-0.25, -0.2) is 0 Å². The van der Waals surface area contributed by atoms with Gasteiger partial charge in [0.25, 0.3) is 0 Å². The number of nitro benzene ring substituents is 1. The van der Waals surface area contributed by atoms with Crippen LogP contribution in [0.4, 0.5) is 5.69 Å². The van der Waals surface area contributed by atoms with E-state index in [2.05, 4.69) is 0 Å². The zero-order valence-electron chi connectivity index (χ0n) is 11.2. The van der Waals surface area contributed by atoms with Crippen molar-refractivity contribution in [2.75, 3.05) is 6.61 Å². The Kier molecular flexibility index (Phi) is 5.12. The fourth-order valence-electron chi connectivity index (χ4n) is 2.43. The van der Waals surface area contributed by atoms with Crippen molar-refractivity contribution >= 4 is 34.1 Å². The van der Waals surface area contributed by atoms with E-state index in [1.54, 1.807) is 0 Å². The van der Waals surface area contributed by atoms with Gasteiger partial charge in [0.15, 0.2) is 5.78 Å². The summed E-state index contributed by atoms with van der Waals surface area (Å²) >= 11 is 1.87. The van der Waals surface area contributed by atoms with Crippen LogP contribution in [0, 0.1) is 30.9 Å². The van der Waals surface area contributed by atoms with Crippen molar-refractivity contribution in [3.05, 3.63) is 31.4 Å². The average Bonchev–Trinajstić information content (AvgIpc) is 2.98. The van der Waals surface area contributed by atoms with Gasteiger partial charge in [0.05, 0.1) is 20.1 Å². The van der Waals surface area contributed by atoms with Crippen molar-refractivity contribution in [3.63, 3.8) is 0 Å². The second-order valence-electron chi connectivity index (χ2n) is 4.91. The van der Waals surface area contributed by atoms with E-state index in [0.29, 0.717) is 3.57 Å². The lowest BCUT2D eigenvalue weighted by Crippen LogP contribution is -2.19. The van der Waals surface area contributed by atoms with Crippen molar-refractivity contribution in [2.24, 2.45) is 5.92 Å². The SMILES string of the molecule is N#Cc1cc(I)c(OCC(=O)C2CCCC2)c([N+](=O)[O-])c1. The van der Waals surface area contributed by atoms with Crippen LogP contribution in [0.3, 0.4) is 0 Å². The average molecular weight is 400 g/mol. The van der Waals surface area contributed by atoms with Crippen LogP contribution in [-0.2, 0) is 4.79 Å². The number of hydrogen-bond donors (Lipinski definition) is 0. The molecule has 0 N–H and O–H groups in total. The molecule has 1 aromatic rings. The van der Waals surface area contributed by atoms with Gasteiger partial charge in [0.1, 0.15) is 6.61 Å². The molecule has 0 unspecified atom stereocenters. The number of hydrogen-bond acceptors (Lipinski definition) is 5. The largest absolute Gasteiger partial charge is 0.478 e. The van der Waals surface area contributed by atoms with Gasteiger partial charge in [-0.3, -0.25) is 14.9 Å².